The lowest BCUT2D eigenvalue weighted by Gasteiger charge is -2.09. The molecule has 2 aromatic rings. The fraction of sp³-hybridized carbons (Fsp3) is 0.263. The summed E-state index contributed by atoms with van der Waals surface area (Å²) >= 11 is 0. The molecule has 0 saturated heterocycles. The molecule has 0 atom stereocenters. The highest BCUT2D eigenvalue weighted by Crippen LogP contribution is 2.29. The van der Waals surface area contributed by atoms with Gasteiger partial charge in [-0.2, -0.15) is 0 Å². The zero-order valence-electron chi connectivity index (χ0n) is 15.3. The van der Waals surface area contributed by atoms with Crippen LogP contribution in [0.1, 0.15) is 35.5 Å². The summed E-state index contributed by atoms with van der Waals surface area (Å²) in [6.45, 7) is 4.21. The van der Waals surface area contributed by atoms with Crippen molar-refractivity contribution in [2.75, 3.05) is 20.3 Å². The van der Waals surface area contributed by atoms with Crippen LogP contribution in [0.25, 0.3) is 12.2 Å². The topological polar surface area (TPSA) is 101 Å². The number of rotatable bonds is 8. The second-order valence-corrected chi connectivity index (χ2v) is 5.28. The van der Waals surface area contributed by atoms with Crippen molar-refractivity contribution in [1.29, 1.82) is 0 Å². The Bertz CT molecular complexity index is 863. The highest BCUT2D eigenvalue weighted by Gasteiger charge is 2.17. The second kappa shape index (κ2) is 9.33. The van der Waals surface area contributed by atoms with Gasteiger partial charge in [-0.05, 0) is 37.6 Å². The molecular weight excluding hydrogens is 352 g/mol. The molecule has 0 spiro atoms. The number of nitrogens with zero attached hydrogens (tertiary/aromatic N) is 2. The van der Waals surface area contributed by atoms with Crippen molar-refractivity contribution in [1.82, 2.24) is 4.98 Å². The van der Waals surface area contributed by atoms with Crippen LogP contribution >= 0.6 is 0 Å². The lowest BCUT2D eigenvalue weighted by Crippen LogP contribution is -2.08. The molecule has 0 unspecified atom stereocenters. The van der Waals surface area contributed by atoms with Crippen LogP contribution in [0.15, 0.2) is 30.5 Å². The predicted octanol–water partition coefficient (Wildman–Crippen LogP) is 3.74. The summed E-state index contributed by atoms with van der Waals surface area (Å²) in [6, 6.07) is 6.53. The minimum absolute atomic E-state index is 0.0280. The van der Waals surface area contributed by atoms with Crippen LogP contribution in [0.5, 0.6) is 11.5 Å². The van der Waals surface area contributed by atoms with Gasteiger partial charge in [0.2, 0.25) is 0 Å². The molecule has 1 heterocycles. The van der Waals surface area contributed by atoms with Crippen LogP contribution in [0.3, 0.4) is 0 Å². The maximum Gasteiger partial charge on any atom is 0.340 e. The summed E-state index contributed by atoms with van der Waals surface area (Å²) in [5.74, 6) is 0.525. The van der Waals surface area contributed by atoms with Crippen LogP contribution in [0, 0.1) is 10.1 Å². The maximum absolute atomic E-state index is 12.1. The van der Waals surface area contributed by atoms with E-state index in [1.165, 1.54) is 0 Å². The highest BCUT2D eigenvalue weighted by molar-refractivity contribution is 5.94. The van der Waals surface area contributed by atoms with E-state index >= 15 is 0 Å². The average molecular weight is 372 g/mol. The number of hydrogen-bond donors (Lipinski definition) is 0. The Kier molecular flexibility index (Phi) is 6.87. The van der Waals surface area contributed by atoms with Gasteiger partial charge in [0, 0.05) is 6.07 Å². The van der Waals surface area contributed by atoms with Crippen molar-refractivity contribution in [2.24, 2.45) is 0 Å². The van der Waals surface area contributed by atoms with E-state index in [1.807, 2.05) is 13.0 Å². The third-order valence-electron chi connectivity index (χ3n) is 3.53. The molecule has 0 amide bonds. The van der Waals surface area contributed by atoms with Crippen LogP contribution in [-0.4, -0.2) is 36.2 Å². The van der Waals surface area contributed by atoms with Crippen molar-refractivity contribution in [3.8, 4) is 11.5 Å². The van der Waals surface area contributed by atoms with E-state index < -0.39 is 10.9 Å². The highest BCUT2D eigenvalue weighted by atomic mass is 16.6. The number of nitro groups is 1. The first-order chi connectivity index (χ1) is 13.0. The normalized spacial score (nSPS) is 10.6. The molecule has 0 aliphatic rings. The number of carbonyl (C=O) groups is 1. The zero-order valence-corrected chi connectivity index (χ0v) is 15.3. The summed E-state index contributed by atoms with van der Waals surface area (Å²) in [6.07, 6.45) is 4.40. The van der Waals surface area contributed by atoms with Crippen molar-refractivity contribution >= 4 is 23.8 Å². The number of hydrogen-bond acceptors (Lipinski definition) is 7. The zero-order chi connectivity index (χ0) is 19.8. The van der Waals surface area contributed by atoms with Crippen molar-refractivity contribution in [3.63, 3.8) is 0 Å². The number of esters is 1. The second-order valence-electron chi connectivity index (χ2n) is 5.28. The molecule has 27 heavy (non-hydrogen) atoms. The maximum atomic E-state index is 12.1. The Hall–Kier alpha value is -3.42. The molecule has 142 valence electrons. The first-order valence-electron chi connectivity index (χ1n) is 8.30. The third-order valence-corrected chi connectivity index (χ3v) is 3.53. The van der Waals surface area contributed by atoms with Crippen LogP contribution in [0.2, 0.25) is 0 Å². The Morgan fingerprint density at radius 1 is 1.19 bits per heavy atom. The summed E-state index contributed by atoms with van der Waals surface area (Å²) in [5.41, 5.74) is 0.801. The standard InChI is InChI=1S/C19H20N2O6/c1-4-26-17-9-7-13(10-18(17)25-3)6-8-16-15(19(22)27-5-2)11-14(12-20-16)21(23)24/h6-12H,4-5H2,1-3H3. The van der Waals surface area contributed by atoms with Gasteiger partial charge >= 0.3 is 5.97 Å². The molecule has 8 nitrogen and oxygen atoms in total. The van der Waals surface area contributed by atoms with Gasteiger partial charge in [-0.3, -0.25) is 10.1 Å². The molecule has 0 aliphatic heterocycles. The monoisotopic (exact) mass is 372 g/mol. The lowest BCUT2D eigenvalue weighted by molar-refractivity contribution is -0.385. The first kappa shape index (κ1) is 19.9. The molecule has 0 aliphatic carbocycles. The van der Waals surface area contributed by atoms with Crippen LogP contribution in [-0.2, 0) is 4.74 Å². The number of pyridine rings is 1. The van der Waals surface area contributed by atoms with E-state index in [0.29, 0.717) is 18.1 Å². The van der Waals surface area contributed by atoms with Gasteiger partial charge in [-0.1, -0.05) is 12.1 Å². The Labute approximate surface area is 156 Å². The minimum Gasteiger partial charge on any atom is -0.493 e. The van der Waals surface area contributed by atoms with Gasteiger partial charge in [0.05, 0.1) is 36.5 Å². The summed E-state index contributed by atoms with van der Waals surface area (Å²) < 4.78 is 15.7. The largest absolute Gasteiger partial charge is 0.493 e. The van der Waals surface area contributed by atoms with Gasteiger partial charge in [0.25, 0.3) is 5.69 Å². The van der Waals surface area contributed by atoms with E-state index in [9.17, 15) is 14.9 Å². The smallest absolute Gasteiger partial charge is 0.340 e. The fourth-order valence-electron chi connectivity index (χ4n) is 2.31. The van der Waals surface area contributed by atoms with Crippen molar-refractivity contribution in [2.45, 2.75) is 13.8 Å². The van der Waals surface area contributed by atoms with Crippen LogP contribution in [0.4, 0.5) is 5.69 Å². The Balaban J connectivity index is 2.38. The summed E-state index contributed by atoms with van der Waals surface area (Å²) in [5, 5.41) is 10.9. The van der Waals surface area contributed by atoms with Crippen molar-refractivity contribution in [3.05, 3.63) is 57.4 Å². The first-order valence-corrected chi connectivity index (χ1v) is 8.30. The number of benzene rings is 1. The quantitative estimate of drug-likeness (QED) is 0.395. The van der Waals surface area contributed by atoms with E-state index in [0.717, 1.165) is 17.8 Å². The molecule has 8 heteroatoms. The molecule has 0 fully saturated rings. The van der Waals surface area contributed by atoms with E-state index in [4.69, 9.17) is 14.2 Å². The number of ether oxygens (including phenoxy) is 3. The Morgan fingerprint density at radius 2 is 1.96 bits per heavy atom. The molecule has 0 radical (unpaired) electrons. The van der Waals surface area contributed by atoms with E-state index in [-0.39, 0.29) is 23.6 Å². The molecule has 1 aromatic carbocycles. The molecule has 0 N–H and O–H groups in total. The average Bonchev–Trinajstić information content (AvgIpc) is 2.67. The van der Waals surface area contributed by atoms with Crippen LogP contribution < -0.4 is 9.47 Å². The van der Waals surface area contributed by atoms with Gasteiger partial charge in [-0.15, -0.1) is 0 Å². The Morgan fingerprint density at radius 3 is 2.59 bits per heavy atom. The number of aromatic nitrogens is 1. The van der Waals surface area contributed by atoms with Gasteiger partial charge in [-0.25, -0.2) is 9.78 Å². The molecule has 0 bridgehead atoms. The summed E-state index contributed by atoms with van der Waals surface area (Å²) in [7, 11) is 1.54. The molecular formula is C19H20N2O6. The van der Waals surface area contributed by atoms with E-state index in [1.54, 1.807) is 38.3 Å². The fourth-order valence-corrected chi connectivity index (χ4v) is 2.31. The SMILES string of the molecule is CCOC(=O)c1cc([N+](=O)[O-])cnc1C=Cc1ccc(OCC)c(OC)c1. The molecule has 2 rings (SSSR count). The summed E-state index contributed by atoms with van der Waals surface area (Å²) in [4.78, 5) is 26.5. The molecule has 0 saturated carbocycles. The van der Waals surface area contributed by atoms with Gasteiger partial charge in [0.1, 0.15) is 6.20 Å². The molecule has 1 aromatic heterocycles. The number of methoxy groups -OCH3 is 1. The minimum atomic E-state index is -0.669. The van der Waals surface area contributed by atoms with Gasteiger partial charge in [0.15, 0.2) is 11.5 Å². The third kappa shape index (κ3) is 5.04. The predicted molar refractivity (Wildman–Crippen MR) is 99.9 cm³/mol. The number of carbonyl (C=O) groups excluding carboxylic acids is 1. The lowest BCUT2D eigenvalue weighted by atomic mass is 10.1. The van der Waals surface area contributed by atoms with Crippen molar-refractivity contribution < 1.29 is 23.9 Å². The van der Waals surface area contributed by atoms with E-state index in [2.05, 4.69) is 4.98 Å². The van der Waals surface area contributed by atoms with Gasteiger partial charge < -0.3 is 14.2 Å².